The molecule has 2 amide bonds. The van der Waals surface area contributed by atoms with Crippen molar-refractivity contribution >= 4 is 27.8 Å². The van der Waals surface area contributed by atoms with Gasteiger partial charge in [-0.15, -0.1) is 0 Å². The highest BCUT2D eigenvalue weighted by Crippen LogP contribution is 2.26. The molecule has 2 rings (SSSR count). The second-order valence-corrected chi connectivity index (χ2v) is 11.0. The standard InChI is InChI=1S/C21H30N2O7S/c1-14(15-6-8-16(9-7-15)17(24)29-5)22-18(25)21(10-12-31(27,28)13-11-21)23-19(26)30-20(2,3)4/h6-9,14H,10-13H2,1-5H3,(H,22,25)(H,23,26)/t14-/m0/s1. The monoisotopic (exact) mass is 454 g/mol. The van der Waals surface area contributed by atoms with Gasteiger partial charge in [0.1, 0.15) is 11.1 Å². The lowest BCUT2D eigenvalue weighted by Crippen LogP contribution is -2.62. The second-order valence-electron chi connectivity index (χ2n) is 8.67. The molecule has 1 aliphatic heterocycles. The van der Waals surface area contributed by atoms with Gasteiger partial charge in [0.05, 0.1) is 30.2 Å². The van der Waals surface area contributed by atoms with Crippen LogP contribution in [0.25, 0.3) is 0 Å². The van der Waals surface area contributed by atoms with Crippen molar-refractivity contribution in [3.63, 3.8) is 0 Å². The first-order valence-electron chi connectivity index (χ1n) is 9.98. The molecule has 1 heterocycles. The van der Waals surface area contributed by atoms with Crippen molar-refractivity contribution < 1.29 is 32.3 Å². The maximum absolute atomic E-state index is 13.2. The van der Waals surface area contributed by atoms with Crippen LogP contribution in [-0.4, -0.2) is 56.1 Å². The zero-order chi connectivity index (χ0) is 23.4. The van der Waals surface area contributed by atoms with Crippen molar-refractivity contribution in [2.45, 2.75) is 57.7 Å². The first-order valence-corrected chi connectivity index (χ1v) is 11.8. The number of amides is 2. The van der Waals surface area contributed by atoms with Gasteiger partial charge < -0.3 is 20.1 Å². The molecule has 0 saturated carbocycles. The summed E-state index contributed by atoms with van der Waals surface area (Å²) >= 11 is 0. The van der Waals surface area contributed by atoms with E-state index in [1.807, 2.05) is 0 Å². The molecule has 10 heteroatoms. The number of ether oxygens (including phenoxy) is 2. The lowest BCUT2D eigenvalue weighted by atomic mass is 9.90. The van der Waals surface area contributed by atoms with Crippen LogP contribution < -0.4 is 10.6 Å². The van der Waals surface area contributed by atoms with Crippen molar-refractivity contribution in [2.75, 3.05) is 18.6 Å². The van der Waals surface area contributed by atoms with Crippen LogP contribution in [-0.2, 0) is 24.1 Å². The number of esters is 1. The van der Waals surface area contributed by atoms with E-state index in [0.717, 1.165) is 5.56 Å². The van der Waals surface area contributed by atoms with Crippen molar-refractivity contribution in [3.05, 3.63) is 35.4 Å². The van der Waals surface area contributed by atoms with Crippen molar-refractivity contribution in [1.29, 1.82) is 0 Å². The minimum Gasteiger partial charge on any atom is -0.465 e. The predicted molar refractivity (Wildman–Crippen MR) is 114 cm³/mol. The van der Waals surface area contributed by atoms with Gasteiger partial charge in [-0.2, -0.15) is 0 Å². The van der Waals surface area contributed by atoms with Gasteiger partial charge in [-0.05, 0) is 58.2 Å². The van der Waals surface area contributed by atoms with Crippen LogP contribution in [0.15, 0.2) is 24.3 Å². The predicted octanol–water partition coefficient (Wildman–Crippen LogP) is 2.12. The minimum atomic E-state index is -3.27. The average molecular weight is 455 g/mol. The van der Waals surface area contributed by atoms with E-state index in [9.17, 15) is 22.8 Å². The Hall–Kier alpha value is -2.62. The molecule has 0 radical (unpaired) electrons. The summed E-state index contributed by atoms with van der Waals surface area (Å²) in [4.78, 5) is 37.1. The number of methoxy groups -OCH3 is 1. The number of hydrogen-bond donors (Lipinski definition) is 2. The SMILES string of the molecule is COC(=O)c1ccc([C@H](C)NC(=O)C2(NC(=O)OC(C)(C)C)CCS(=O)(=O)CC2)cc1. The summed E-state index contributed by atoms with van der Waals surface area (Å²) in [5.41, 5.74) is -1.05. The van der Waals surface area contributed by atoms with E-state index in [0.29, 0.717) is 5.56 Å². The zero-order valence-corrected chi connectivity index (χ0v) is 19.3. The Kier molecular flexibility index (Phi) is 7.36. The van der Waals surface area contributed by atoms with Gasteiger partial charge in [-0.3, -0.25) is 4.79 Å². The summed E-state index contributed by atoms with van der Waals surface area (Å²) < 4.78 is 33.8. The molecular formula is C21H30N2O7S. The number of sulfone groups is 1. The lowest BCUT2D eigenvalue weighted by molar-refractivity contribution is -0.128. The van der Waals surface area contributed by atoms with E-state index < -0.39 is 45.0 Å². The number of hydrogen-bond acceptors (Lipinski definition) is 7. The Morgan fingerprint density at radius 3 is 2.10 bits per heavy atom. The summed E-state index contributed by atoms with van der Waals surface area (Å²) in [7, 11) is -1.98. The molecular weight excluding hydrogens is 424 g/mol. The highest BCUT2D eigenvalue weighted by atomic mass is 32.2. The molecule has 1 aliphatic rings. The number of alkyl carbamates (subject to hydrolysis) is 1. The second kappa shape index (κ2) is 9.25. The summed E-state index contributed by atoms with van der Waals surface area (Å²) in [5, 5.41) is 5.46. The third-order valence-corrected chi connectivity index (χ3v) is 6.69. The van der Waals surface area contributed by atoms with Crippen molar-refractivity contribution in [3.8, 4) is 0 Å². The molecule has 1 saturated heterocycles. The molecule has 0 spiro atoms. The summed E-state index contributed by atoms with van der Waals surface area (Å²) in [6, 6.07) is 6.11. The number of nitrogens with one attached hydrogen (secondary N) is 2. The van der Waals surface area contributed by atoms with E-state index in [1.54, 1.807) is 52.0 Å². The summed E-state index contributed by atoms with van der Waals surface area (Å²) in [6.45, 7) is 6.85. The first kappa shape index (κ1) is 24.6. The molecule has 1 aromatic rings. The highest BCUT2D eigenvalue weighted by Gasteiger charge is 2.45. The maximum Gasteiger partial charge on any atom is 0.408 e. The molecule has 0 aromatic heterocycles. The Balaban J connectivity index is 2.18. The minimum absolute atomic E-state index is 0.0472. The molecule has 31 heavy (non-hydrogen) atoms. The molecule has 1 atom stereocenters. The van der Waals surface area contributed by atoms with Gasteiger partial charge in [0.2, 0.25) is 5.91 Å². The van der Waals surface area contributed by atoms with E-state index >= 15 is 0 Å². The summed E-state index contributed by atoms with van der Waals surface area (Å²) in [5.74, 6) is -1.37. The van der Waals surface area contributed by atoms with Gasteiger partial charge >= 0.3 is 12.1 Å². The van der Waals surface area contributed by atoms with Crippen LogP contribution in [0.2, 0.25) is 0 Å². The third kappa shape index (κ3) is 6.68. The van der Waals surface area contributed by atoms with Crippen LogP contribution >= 0.6 is 0 Å². The van der Waals surface area contributed by atoms with Gasteiger partial charge in [0.15, 0.2) is 9.84 Å². The molecule has 0 aliphatic carbocycles. The Morgan fingerprint density at radius 2 is 1.61 bits per heavy atom. The van der Waals surface area contributed by atoms with E-state index in [1.165, 1.54) is 7.11 Å². The Morgan fingerprint density at radius 1 is 1.06 bits per heavy atom. The molecule has 9 nitrogen and oxygen atoms in total. The first-order chi connectivity index (χ1) is 14.3. The van der Waals surface area contributed by atoms with Crippen molar-refractivity contribution in [1.82, 2.24) is 10.6 Å². The fourth-order valence-electron chi connectivity index (χ4n) is 3.24. The topological polar surface area (TPSA) is 128 Å². The van der Waals surface area contributed by atoms with E-state index in [2.05, 4.69) is 15.4 Å². The van der Waals surface area contributed by atoms with Crippen molar-refractivity contribution in [2.24, 2.45) is 0 Å². The molecule has 1 fully saturated rings. The van der Waals surface area contributed by atoms with Crippen LogP contribution in [0.3, 0.4) is 0 Å². The summed E-state index contributed by atoms with van der Waals surface area (Å²) in [6.07, 6.45) is -0.875. The van der Waals surface area contributed by atoms with Gasteiger partial charge in [-0.1, -0.05) is 12.1 Å². The largest absolute Gasteiger partial charge is 0.465 e. The molecule has 2 N–H and O–H groups in total. The van der Waals surface area contributed by atoms with Gasteiger partial charge in [-0.25, -0.2) is 18.0 Å². The molecule has 172 valence electrons. The van der Waals surface area contributed by atoms with Gasteiger partial charge in [0.25, 0.3) is 0 Å². The zero-order valence-electron chi connectivity index (χ0n) is 18.5. The Labute approximate surface area is 182 Å². The highest BCUT2D eigenvalue weighted by molar-refractivity contribution is 7.91. The number of rotatable bonds is 5. The third-order valence-electron chi connectivity index (χ3n) is 5.03. The number of benzene rings is 1. The fraction of sp³-hybridized carbons (Fsp3) is 0.571. The molecule has 1 aromatic carbocycles. The number of carbonyl (C=O) groups excluding carboxylic acids is 3. The maximum atomic E-state index is 13.2. The van der Waals surface area contributed by atoms with Crippen LogP contribution in [0.4, 0.5) is 4.79 Å². The van der Waals surface area contributed by atoms with Crippen LogP contribution in [0.5, 0.6) is 0 Å². The molecule has 0 bridgehead atoms. The lowest BCUT2D eigenvalue weighted by Gasteiger charge is -2.37. The van der Waals surface area contributed by atoms with Crippen LogP contribution in [0, 0.1) is 0 Å². The van der Waals surface area contributed by atoms with E-state index in [4.69, 9.17) is 4.74 Å². The quantitative estimate of drug-likeness (QED) is 0.652. The number of carbonyl (C=O) groups is 3. The van der Waals surface area contributed by atoms with E-state index in [-0.39, 0.29) is 24.3 Å². The Bertz CT molecular complexity index is 919. The fourth-order valence-corrected chi connectivity index (χ4v) is 4.76. The normalized spacial score (nSPS) is 18.4. The van der Waals surface area contributed by atoms with Gasteiger partial charge in [0, 0.05) is 0 Å². The van der Waals surface area contributed by atoms with Crippen LogP contribution in [0.1, 0.15) is 62.5 Å². The average Bonchev–Trinajstić information content (AvgIpc) is 2.67. The molecule has 0 unspecified atom stereocenters. The smallest absolute Gasteiger partial charge is 0.408 e.